The van der Waals surface area contributed by atoms with Crippen molar-refractivity contribution in [3.05, 3.63) is 55.1 Å². The number of nitro groups is 1. The van der Waals surface area contributed by atoms with E-state index in [1.807, 2.05) is 0 Å². The van der Waals surface area contributed by atoms with Gasteiger partial charge in [-0.3, -0.25) is 10.1 Å². The second-order valence-electron chi connectivity index (χ2n) is 3.41. The first-order chi connectivity index (χ1) is 8.97. The first-order valence-corrected chi connectivity index (χ1v) is 6.45. The van der Waals surface area contributed by atoms with Gasteiger partial charge in [-0.05, 0) is 34.1 Å². The van der Waals surface area contributed by atoms with Crippen LogP contribution in [0, 0.1) is 10.1 Å². The van der Waals surface area contributed by atoms with Crippen LogP contribution in [0.1, 0.15) is 0 Å². The van der Waals surface area contributed by atoms with Crippen molar-refractivity contribution in [2.24, 2.45) is 0 Å². The van der Waals surface area contributed by atoms with E-state index < -0.39 is 4.92 Å². The zero-order chi connectivity index (χ0) is 14.0. The maximum Gasteiger partial charge on any atom is 0.288 e. The molecule has 2 aromatic rings. The van der Waals surface area contributed by atoms with E-state index >= 15 is 0 Å². The summed E-state index contributed by atoms with van der Waals surface area (Å²) in [5, 5.41) is 11.4. The summed E-state index contributed by atoms with van der Waals surface area (Å²) in [6.07, 6.45) is 1.10. The molecule has 19 heavy (non-hydrogen) atoms. The average Bonchev–Trinajstić information content (AvgIpc) is 2.34. The number of hydrogen-bond acceptors (Lipinski definition) is 4. The highest BCUT2D eigenvalue weighted by Crippen LogP contribution is 2.34. The molecule has 2 rings (SSSR count). The lowest BCUT2D eigenvalue weighted by Gasteiger charge is -2.08. The number of ether oxygens (including phenoxy) is 1. The van der Waals surface area contributed by atoms with Gasteiger partial charge in [-0.25, -0.2) is 4.98 Å². The van der Waals surface area contributed by atoms with Crippen LogP contribution in [0.2, 0.25) is 10.0 Å². The van der Waals surface area contributed by atoms with Crippen molar-refractivity contribution in [2.45, 2.75) is 0 Å². The van der Waals surface area contributed by atoms with Crippen molar-refractivity contribution >= 4 is 44.8 Å². The number of aromatic nitrogens is 1. The van der Waals surface area contributed by atoms with Gasteiger partial charge in [0.15, 0.2) is 0 Å². The molecule has 0 bridgehead atoms. The topological polar surface area (TPSA) is 65.3 Å². The summed E-state index contributed by atoms with van der Waals surface area (Å²) >= 11 is 14.9. The van der Waals surface area contributed by atoms with E-state index in [0.29, 0.717) is 20.3 Å². The molecule has 0 N–H and O–H groups in total. The van der Waals surface area contributed by atoms with Gasteiger partial charge < -0.3 is 4.74 Å². The van der Waals surface area contributed by atoms with Gasteiger partial charge in [0, 0.05) is 11.1 Å². The van der Waals surface area contributed by atoms with Gasteiger partial charge in [0.05, 0.1) is 14.4 Å². The molecule has 0 unspecified atom stereocenters. The molecule has 8 heteroatoms. The lowest BCUT2D eigenvalue weighted by atomic mass is 10.3. The van der Waals surface area contributed by atoms with Gasteiger partial charge >= 0.3 is 0 Å². The van der Waals surface area contributed by atoms with Gasteiger partial charge in [-0.1, -0.05) is 23.2 Å². The normalized spacial score (nSPS) is 10.3. The second-order valence-corrected chi connectivity index (χ2v) is 5.11. The molecule has 0 aliphatic rings. The van der Waals surface area contributed by atoms with E-state index in [9.17, 15) is 10.1 Å². The SMILES string of the molecule is O=[N+]([O-])c1cnc(Oc2ccc(Cl)cc2Cl)c(Br)c1. The Morgan fingerprint density at radius 3 is 2.63 bits per heavy atom. The largest absolute Gasteiger partial charge is 0.436 e. The Balaban J connectivity index is 2.31. The van der Waals surface area contributed by atoms with E-state index in [4.69, 9.17) is 27.9 Å². The number of nitrogens with zero attached hydrogens (tertiary/aromatic N) is 2. The van der Waals surface area contributed by atoms with Crippen LogP contribution in [-0.2, 0) is 0 Å². The minimum atomic E-state index is -0.545. The summed E-state index contributed by atoms with van der Waals surface area (Å²) in [4.78, 5) is 13.9. The number of rotatable bonds is 3. The van der Waals surface area contributed by atoms with Crippen molar-refractivity contribution < 1.29 is 9.66 Å². The molecule has 0 aliphatic carbocycles. The lowest BCUT2D eigenvalue weighted by Crippen LogP contribution is -1.93. The summed E-state index contributed by atoms with van der Waals surface area (Å²) < 4.78 is 5.81. The quantitative estimate of drug-likeness (QED) is 0.577. The van der Waals surface area contributed by atoms with Crippen LogP contribution in [0.4, 0.5) is 5.69 Å². The van der Waals surface area contributed by atoms with E-state index in [1.165, 1.54) is 12.1 Å². The summed E-state index contributed by atoms with van der Waals surface area (Å²) in [5.41, 5.74) is -0.138. The minimum Gasteiger partial charge on any atom is -0.436 e. The fourth-order valence-corrected chi connectivity index (χ4v) is 2.12. The molecule has 1 aromatic carbocycles. The van der Waals surface area contributed by atoms with E-state index in [1.54, 1.807) is 12.1 Å². The molecule has 98 valence electrons. The molecule has 0 saturated heterocycles. The Labute approximate surface area is 126 Å². The highest BCUT2D eigenvalue weighted by molar-refractivity contribution is 9.10. The molecule has 1 heterocycles. The molecule has 0 fully saturated rings. The molecule has 1 aromatic heterocycles. The maximum absolute atomic E-state index is 10.6. The van der Waals surface area contributed by atoms with Crippen LogP contribution in [-0.4, -0.2) is 9.91 Å². The van der Waals surface area contributed by atoms with Crippen molar-refractivity contribution in [1.82, 2.24) is 4.98 Å². The Morgan fingerprint density at radius 1 is 1.32 bits per heavy atom. The van der Waals surface area contributed by atoms with Gasteiger partial charge in [-0.2, -0.15) is 0 Å². The van der Waals surface area contributed by atoms with Crippen LogP contribution in [0.15, 0.2) is 34.9 Å². The number of benzene rings is 1. The van der Waals surface area contributed by atoms with Crippen molar-refractivity contribution in [3.8, 4) is 11.6 Å². The highest BCUT2D eigenvalue weighted by Gasteiger charge is 2.13. The summed E-state index contributed by atoms with van der Waals surface area (Å²) in [6.45, 7) is 0. The second kappa shape index (κ2) is 5.73. The highest BCUT2D eigenvalue weighted by atomic mass is 79.9. The average molecular weight is 364 g/mol. The smallest absolute Gasteiger partial charge is 0.288 e. The first kappa shape index (κ1) is 14.0. The van der Waals surface area contributed by atoms with Crippen molar-refractivity contribution in [3.63, 3.8) is 0 Å². The fourth-order valence-electron chi connectivity index (χ4n) is 1.25. The van der Waals surface area contributed by atoms with Gasteiger partial charge in [0.1, 0.15) is 11.9 Å². The number of halogens is 3. The van der Waals surface area contributed by atoms with E-state index in [0.717, 1.165) is 6.20 Å². The van der Waals surface area contributed by atoms with Gasteiger partial charge in [-0.15, -0.1) is 0 Å². The van der Waals surface area contributed by atoms with Crippen LogP contribution in [0.3, 0.4) is 0 Å². The molecular weight excluding hydrogens is 359 g/mol. The van der Waals surface area contributed by atoms with E-state index in [2.05, 4.69) is 20.9 Å². The predicted octanol–water partition coefficient (Wildman–Crippen LogP) is 4.85. The molecule has 0 radical (unpaired) electrons. The van der Waals surface area contributed by atoms with Crippen molar-refractivity contribution in [1.29, 1.82) is 0 Å². The summed E-state index contributed by atoms with van der Waals surface area (Å²) in [7, 11) is 0. The number of hydrogen-bond donors (Lipinski definition) is 0. The molecule has 0 atom stereocenters. The third-order valence-electron chi connectivity index (χ3n) is 2.10. The summed E-state index contributed by atoms with van der Waals surface area (Å²) in [5.74, 6) is 0.531. The third kappa shape index (κ3) is 3.34. The molecular formula is C11H5BrCl2N2O3. The molecule has 5 nitrogen and oxygen atoms in total. The Bertz CT molecular complexity index is 652. The lowest BCUT2D eigenvalue weighted by molar-refractivity contribution is -0.385. The Hall–Kier alpha value is -1.37. The molecule has 0 amide bonds. The zero-order valence-corrected chi connectivity index (χ0v) is 12.2. The molecule has 0 spiro atoms. The van der Waals surface area contributed by atoms with Crippen LogP contribution in [0.25, 0.3) is 0 Å². The van der Waals surface area contributed by atoms with Crippen LogP contribution in [0.5, 0.6) is 11.6 Å². The summed E-state index contributed by atoms with van der Waals surface area (Å²) in [6, 6.07) is 6.02. The zero-order valence-electron chi connectivity index (χ0n) is 9.14. The Kier molecular flexibility index (Phi) is 4.24. The molecule has 0 saturated carbocycles. The van der Waals surface area contributed by atoms with E-state index in [-0.39, 0.29) is 11.6 Å². The fraction of sp³-hybridized carbons (Fsp3) is 0. The monoisotopic (exact) mass is 362 g/mol. The Morgan fingerprint density at radius 2 is 2.05 bits per heavy atom. The van der Waals surface area contributed by atoms with Gasteiger partial charge in [0.2, 0.25) is 5.88 Å². The van der Waals surface area contributed by atoms with Crippen LogP contribution >= 0.6 is 39.1 Å². The maximum atomic E-state index is 10.6. The predicted molar refractivity (Wildman–Crippen MR) is 75.1 cm³/mol. The van der Waals surface area contributed by atoms with Gasteiger partial charge in [0.25, 0.3) is 5.69 Å². The van der Waals surface area contributed by atoms with Crippen LogP contribution < -0.4 is 4.74 Å². The number of pyridine rings is 1. The molecule has 0 aliphatic heterocycles. The minimum absolute atomic E-state index is 0.138. The van der Waals surface area contributed by atoms with Crippen molar-refractivity contribution in [2.75, 3.05) is 0 Å². The first-order valence-electron chi connectivity index (χ1n) is 4.90. The standard InChI is InChI=1S/C11H5BrCl2N2O3/c12-8-4-7(16(17)18)5-15-11(8)19-10-2-1-6(13)3-9(10)14/h1-5H. The third-order valence-corrected chi connectivity index (χ3v) is 3.20.